The Hall–Kier alpha value is -1.17. The third-order valence-electron chi connectivity index (χ3n) is 1.71. The van der Waals surface area contributed by atoms with Crippen LogP contribution in [0.3, 0.4) is 0 Å². The van der Waals surface area contributed by atoms with Gasteiger partial charge in [0.05, 0.1) is 10.6 Å². The van der Waals surface area contributed by atoms with E-state index in [1.807, 2.05) is 0 Å². The SMILES string of the molecule is Cc1ccc(N)c(S(=O)(=O)C(F)F)c1. The van der Waals surface area contributed by atoms with Gasteiger partial charge in [-0.1, -0.05) is 6.07 Å². The molecule has 0 aliphatic heterocycles. The van der Waals surface area contributed by atoms with Gasteiger partial charge in [0, 0.05) is 0 Å². The number of nitrogen functional groups attached to an aromatic ring is 1. The second-order valence-electron chi connectivity index (χ2n) is 2.85. The van der Waals surface area contributed by atoms with Crippen LogP contribution in [0.15, 0.2) is 23.1 Å². The van der Waals surface area contributed by atoms with Crippen molar-refractivity contribution in [3.8, 4) is 0 Å². The third-order valence-corrected chi connectivity index (χ3v) is 3.15. The lowest BCUT2D eigenvalue weighted by Crippen LogP contribution is -2.13. The topological polar surface area (TPSA) is 60.2 Å². The predicted octanol–water partition coefficient (Wildman–Crippen LogP) is 1.57. The number of sulfone groups is 1. The van der Waals surface area contributed by atoms with E-state index in [1.165, 1.54) is 6.07 Å². The Kier molecular flexibility index (Phi) is 2.75. The summed E-state index contributed by atoms with van der Waals surface area (Å²) in [6.07, 6.45) is 0. The molecule has 0 unspecified atom stereocenters. The minimum absolute atomic E-state index is 0.157. The molecular formula is C8H9F2NO2S. The van der Waals surface area contributed by atoms with E-state index in [-0.39, 0.29) is 5.69 Å². The first-order chi connectivity index (χ1) is 6.35. The number of alkyl halides is 2. The van der Waals surface area contributed by atoms with Gasteiger partial charge in [0.15, 0.2) is 0 Å². The van der Waals surface area contributed by atoms with Gasteiger partial charge in [-0.2, -0.15) is 8.78 Å². The van der Waals surface area contributed by atoms with Crippen molar-refractivity contribution in [1.29, 1.82) is 0 Å². The van der Waals surface area contributed by atoms with Gasteiger partial charge < -0.3 is 5.73 Å². The van der Waals surface area contributed by atoms with Crippen molar-refractivity contribution in [2.45, 2.75) is 17.6 Å². The average molecular weight is 221 g/mol. The Morgan fingerprint density at radius 3 is 2.43 bits per heavy atom. The van der Waals surface area contributed by atoms with Gasteiger partial charge in [0.1, 0.15) is 0 Å². The second-order valence-corrected chi connectivity index (χ2v) is 4.73. The highest BCUT2D eigenvalue weighted by Gasteiger charge is 2.28. The first-order valence-corrected chi connectivity index (χ1v) is 5.28. The van der Waals surface area contributed by atoms with E-state index in [4.69, 9.17) is 5.73 Å². The molecule has 0 atom stereocenters. The first-order valence-electron chi connectivity index (χ1n) is 3.74. The summed E-state index contributed by atoms with van der Waals surface area (Å²) in [6, 6.07) is 3.99. The zero-order valence-electron chi connectivity index (χ0n) is 7.37. The summed E-state index contributed by atoms with van der Waals surface area (Å²) < 4.78 is 46.5. The summed E-state index contributed by atoms with van der Waals surface area (Å²) in [5, 5.41) is 0. The molecule has 1 aromatic carbocycles. The van der Waals surface area contributed by atoms with Gasteiger partial charge >= 0.3 is 5.76 Å². The minimum atomic E-state index is -4.59. The molecule has 3 nitrogen and oxygen atoms in total. The van der Waals surface area contributed by atoms with Gasteiger partial charge in [-0.05, 0) is 24.6 Å². The Bertz CT molecular complexity index is 443. The lowest BCUT2D eigenvalue weighted by atomic mass is 10.2. The summed E-state index contributed by atoms with van der Waals surface area (Å²) in [5.41, 5.74) is 5.71. The van der Waals surface area contributed by atoms with Crippen LogP contribution in [0.5, 0.6) is 0 Å². The standard InChI is InChI=1S/C8H9F2NO2S/c1-5-2-3-6(11)7(4-5)14(12,13)8(9)10/h2-4,8H,11H2,1H3. The van der Waals surface area contributed by atoms with Crippen molar-refractivity contribution in [1.82, 2.24) is 0 Å². The number of hydrogen-bond donors (Lipinski definition) is 1. The summed E-state index contributed by atoms with van der Waals surface area (Å²) in [4.78, 5) is -0.507. The van der Waals surface area contributed by atoms with Crippen molar-refractivity contribution in [3.05, 3.63) is 23.8 Å². The van der Waals surface area contributed by atoms with Crippen molar-refractivity contribution >= 4 is 15.5 Å². The number of nitrogens with two attached hydrogens (primary N) is 1. The molecule has 0 amide bonds. The summed E-state index contributed by atoms with van der Waals surface area (Å²) in [7, 11) is -4.59. The van der Waals surface area contributed by atoms with Gasteiger partial charge in [0.2, 0.25) is 9.84 Å². The zero-order valence-corrected chi connectivity index (χ0v) is 8.18. The molecule has 0 fully saturated rings. The van der Waals surface area contributed by atoms with Gasteiger partial charge in [-0.3, -0.25) is 0 Å². The Labute approximate surface area is 80.5 Å². The van der Waals surface area contributed by atoms with Crippen LogP contribution in [0.4, 0.5) is 14.5 Å². The molecule has 2 N–H and O–H groups in total. The predicted molar refractivity (Wildman–Crippen MR) is 48.8 cm³/mol. The van der Waals surface area contributed by atoms with Crippen LogP contribution in [0.2, 0.25) is 0 Å². The van der Waals surface area contributed by atoms with Crippen molar-refractivity contribution < 1.29 is 17.2 Å². The van der Waals surface area contributed by atoms with E-state index >= 15 is 0 Å². The summed E-state index contributed by atoms with van der Waals surface area (Å²) in [5.74, 6) is -3.44. The van der Waals surface area contributed by atoms with E-state index in [0.29, 0.717) is 5.56 Å². The van der Waals surface area contributed by atoms with Crippen molar-refractivity contribution in [2.24, 2.45) is 0 Å². The zero-order chi connectivity index (χ0) is 10.9. The maximum Gasteiger partial charge on any atom is 0.341 e. The van der Waals surface area contributed by atoms with E-state index in [1.54, 1.807) is 13.0 Å². The fourth-order valence-corrected chi connectivity index (χ4v) is 1.92. The Balaban J connectivity index is 3.40. The molecule has 0 aromatic heterocycles. The van der Waals surface area contributed by atoms with Gasteiger partial charge in [-0.15, -0.1) is 0 Å². The van der Waals surface area contributed by atoms with Gasteiger partial charge in [0.25, 0.3) is 0 Å². The largest absolute Gasteiger partial charge is 0.398 e. The molecule has 0 spiro atoms. The van der Waals surface area contributed by atoms with Crippen LogP contribution in [0.25, 0.3) is 0 Å². The fourth-order valence-electron chi connectivity index (χ4n) is 0.984. The maximum absolute atomic E-state index is 12.2. The van der Waals surface area contributed by atoms with Crippen LogP contribution < -0.4 is 5.73 Å². The highest BCUT2D eigenvalue weighted by molar-refractivity contribution is 7.91. The Morgan fingerprint density at radius 1 is 1.36 bits per heavy atom. The van der Waals surface area contributed by atoms with Crippen molar-refractivity contribution in [2.75, 3.05) is 5.73 Å². The fraction of sp³-hybridized carbons (Fsp3) is 0.250. The average Bonchev–Trinajstić information content (AvgIpc) is 2.08. The number of benzene rings is 1. The van der Waals surface area contributed by atoms with Crippen LogP contribution in [0.1, 0.15) is 5.56 Å². The third kappa shape index (κ3) is 1.84. The molecule has 78 valence electrons. The van der Waals surface area contributed by atoms with E-state index in [2.05, 4.69) is 0 Å². The number of rotatable bonds is 2. The van der Waals surface area contributed by atoms with Crippen LogP contribution in [-0.2, 0) is 9.84 Å². The molecule has 0 bridgehead atoms. The summed E-state index contributed by atoms with van der Waals surface area (Å²) >= 11 is 0. The summed E-state index contributed by atoms with van der Waals surface area (Å²) in [6.45, 7) is 1.60. The first kappa shape index (κ1) is 10.9. The lowest BCUT2D eigenvalue weighted by Gasteiger charge is -2.06. The number of aryl methyl sites for hydroxylation is 1. The maximum atomic E-state index is 12.2. The molecule has 0 aliphatic rings. The normalized spacial score (nSPS) is 12.0. The van der Waals surface area contributed by atoms with Crippen LogP contribution in [-0.4, -0.2) is 14.2 Å². The molecule has 0 saturated heterocycles. The van der Waals surface area contributed by atoms with Crippen LogP contribution in [0, 0.1) is 6.92 Å². The number of hydrogen-bond acceptors (Lipinski definition) is 3. The van der Waals surface area contributed by atoms with E-state index < -0.39 is 20.5 Å². The quantitative estimate of drug-likeness (QED) is 0.771. The number of halogens is 2. The monoisotopic (exact) mass is 221 g/mol. The van der Waals surface area contributed by atoms with Crippen molar-refractivity contribution in [3.63, 3.8) is 0 Å². The molecule has 0 radical (unpaired) electrons. The molecule has 0 aliphatic carbocycles. The molecule has 0 heterocycles. The molecule has 1 aromatic rings. The molecule has 1 rings (SSSR count). The highest BCUT2D eigenvalue weighted by atomic mass is 32.2. The van der Waals surface area contributed by atoms with Crippen LogP contribution >= 0.6 is 0 Å². The molecule has 0 saturated carbocycles. The lowest BCUT2D eigenvalue weighted by molar-refractivity contribution is 0.235. The van der Waals surface area contributed by atoms with E-state index in [0.717, 1.165) is 6.07 Å². The second kappa shape index (κ2) is 3.53. The highest BCUT2D eigenvalue weighted by Crippen LogP contribution is 2.24. The molecule has 6 heteroatoms. The minimum Gasteiger partial charge on any atom is -0.398 e. The smallest absolute Gasteiger partial charge is 0.341 e. The van der Waals surface area contributed by atoms with E-state index in [9.17, 15) is 17.2 Å². The molecular weight excluding hydrogens is 212 g/mol. The van der Waals surface area contributed by atoms with Gasteiger partial charge in [-0.25, -0.2) is 8.42 Å². The molecule has 14 heavy (non-hydrogen) atoms. The Morgan fingerprint density at radius 2 is 1.93 bits per heavy atom. The number of anilines is 1.